The van der Waals surface area contributed by atoms with E-state index in [0.717, 1.165) is 10.9 Å². The maximum absolute atomic E-state index is 13.2. The van der Waals surface area contributed by atoms with Gasteiger partial charge < -0.3 is 42.0 Å². The summed E-state index contributed by atoms with van der Waals surface area (Å²) in [6.45, 7) is 2.58. The Kier molecular flexibility index (Phi) is 11.4. The van der Waals surface area contributed by atoms with Crippen LogP contribution < -0.4 is 21.7 Å². The van der Waals surface area contributed by atoms with Gasteiger partial charge in [-0.25, -0.2) is 4.79 Å². The van der Waals surface area contributed by atoms with E-state index in [0.29, 0.717) is 11.3 Å². The van der Waals surface area contributed by atoms with Crippen molar-refractivity contribution in [1.82, 2.24) is 20.9 Å². The molecule has 37 heavy (non-hydrogen) atoms. The van der Waals surface area contributed by atoms with Gasteiger partial charge in [0.2, 0.25) is 17.7 Å². The molecule has 1 aromatic heterocycles. The second-order valence-electron chi connectivity index (χ2n) is 8.80. The van der Waals surface area contributed by atoms with Crippen molar-refractivity contribution >= 4 is 46.4 Å². The summed E-state index contributed by atoms with van der Waals surface area (Å²) in [6, 6.07) is 2.12. The van der Waals surface area contributed by atoms with E-state index in [2.05, 4.69) is 20.9 Å². The van der Waals surface area contributed by atoms with Crippen molar-refractivity contribution in [2.24, 2.45) is 5.73 Å². The highest BCUT2D eigenvalue weighted by Crippen LogP contribution is 2.19. The number of thioether (sulfide) groups is 1. The fourth-order valence-corrected chi connectivity index (χ4v) is 4.10. The number of carboxylic acids is 1. The lowest BCUT2D eigenvalue weighted by Gasteiger charge is -2.27. The minimum atomic E-state index is -1.48. The van der Waals surface area contributed by atoms with Crippen LogP contribution in [0.4, 0.5) is 0 Å². The van der Waals surface area contributed by atoms with E-state index in [9.17, 15) is 34.5 Å². The van der Waals surface area contributed by atoms with Gasteiger partial charge in [-0.15, -0.1) is 0 Å². The summed E-state index contributed by atoms with van der Waals surface area (Å²) in [5.41, 5.74) is 7.13. The standard InChI is InChI=1S/C24H35N5O7S/c1-12(30)19(25)22(33)29-20(13(2)31)23(34)28-18(21(32)27-17(24(35)36)8-9-37-3)10-14-11-26-16-7-5-4-6-15(14)16/h4-7,11-13,17-20,26,30-31H,8-10,25H2,1-3H3,(H,27,32)(H,28,34)(H,29,33)(H,35,36). The van der Waals surface area contributed by atoms with Gasteiger partial charge in [0.15, 0.2) is 0 Å². The number of nitrogens with two attached hydrogens (primary N) is 1. The average Bonchev–Trinajstić information content (AvgIpc) is 3.26. The molecule has 2 rings (SSSR count). The van der Waals surface area contributed by atoms with E-state index in [1.54, 1.807) is 6.20 Å². The summed E-state index contributed by atoms with van der Waals surface area (Å²) >= 11 is 1.43. The number of H-pyrrole nitrogens is 1. The number of carbonyl (C=O) groups excluding carboxylic acids is 3. The second-order valence-corrected chi connectivity index (χ2v) is 9.78. The Labute approximate surface area is 218 Å². The fourth-order valence-electron chi connectivity index (χ4n) is 3.63. The Morgan fingerprint density at radius 1 is 0.973 bits per heavy atom. The molecule has 204 valence electrons. The summed E-state index contributed by atoms with van der Waals surface area (Å²) < 4.78 is 0. The third kappa shape index (κ3) is 8.45. The Morgan fingerprint density at radius 2 is 1.62 bits per heavy atom. The molecular formula is C24H35N5O7S. The Morgan fingerprint density at radius 3 is 2.22 bits per heavy atom. The van der Waals surface area contributed by atoms with Crippen LogP contribution in [-0.4, -0.2) is 92.4 Å². The monoisotopic (exact) mass is 537 g/mol. The van der Waals surface area contributed by atoms with Crippen LogP contribution in [0.3, 0.4) is 0 Å². The molecule has 0 bridgehead atoms. The first-order chi connectivity index (χ1) is 17.5. The summed E-state index contributed by atoms with van der Waals surface area (Å²) in [5.74, 6) is -3.19. The predicted octanol–water partition coefficient (Wildman–Crippen LogP) is -0.909. The highest BCUT2D eigenvalue weighted by Gasteiger charge is 2.33. The number of aromatic nitrogens is 1. The number of aromatic amines is 1. The first kappa shape index (κ1) is 30.1. The van der Waals surface area contributed by atoms with E-state index in [4.69, 9.17) is 5.73 Å². The molecule has 1 aromatic carbocycles. The highest BCUT2D eigenvalue weighted by atomic mass is 32.2. The lowest BCUT2D eigenvalue weighted by molar-refractivity contribution is -0.142. The molecule has 0 radical (unpaired) electrons. The van der Waals surface area contributed by atoms with Crippen LogP contribution in [0.15, 0.2) is 30.5 Å². The third-order valence-corrected chi connectivity index (χ3v) is 6.49. The van der Waals surface area contributed by atoms with Crippen molar-refractivity contribution in [3.05, 3.63) is 36.0 Å². The molecule has 0 aliphatic rings. The van der Waals surface area contributed by atoms with Gasteiger partial charge >= 0.3 is 5.97 Å². The van der Waals surface area contributed by atoms with Gasteiger partial charge in [0, 0.05) is 23.5 Å². The minimum Gasteiger partial charge on any atom is -0.480 e. The molecule has 0 aliphatic heterocycles. The van der Waals surface area contributed by atoms with Crippen molar-refractivity contribution < 1.29 is 34.5 Å². The molecule has 6 atom stereocenters. The molecule has 0 spiro atoms. The zero-order chi connectivity index (χ0) is 27.7. The number of hydrogen-bond donors (Lipinski definition) is 8. The lowest BCUT2D eigenvalue weighted by Crippen LogP contribution is -2.61. The summed E-state index contributed by atoms with van der Waals surface area (Å²) in [4.78, 5) is 53.4. The van der Waals surface area contributed by atoms with Crippen molar-refractivity contribution in [3.8, 4) is 0 Å². The Balaban J connectivity index is 2.31. The van der Waals surface area contributed by atoms with Gasteiger partial charge in [-0.2, -0.15) is 11.8 Å². The van der Waals surface area contributed by atoms with E-state index in [1.165, 1.54) is 25.6 Å². The second kappa shape index (κ2) is 14.0. The molecule has 0 saturated heterocycles. The quantitative estimate of drug-likeness (QED) is 0.150. The summed E-state index contributed by atoms with van der Waals surface area (Å²) in [6.07, 6.45) is 1.12. The number of aliphatic hydroxyl groups excluding tert-OH is 2. The SMILES string of the molecule is CSCCC(NC(=O)C(Cc1c[nH]c2ccccc12)NC(=O)C(NC(=O)C(N)C(C)O)C(C)O)C(=O)O. The Hall–Kier alpha value is -3.13. The number of para-hydroxylation sites is 1. The first-order valence-electron chi connectivity index (χ1n) is 11.8. The van der Waals surface area contributed by atoms with E-state index in [-0.39, 0.29) is 12.8 Å². The van der Waals surface area contributed by atoms with Crippen molar-refractivity contribution in [2.45, 2.75) is 63.1 Å². The largest absolute Gasteiger partial charge is 0.480 e. The highest BCUT2D eigenvalue weighted by molar-refractivity contribution is 7.98. The van der Waals surface area contributed by atoms with Gasteiger partial charge in [-0.05, 0) is 43.9 Å². The molecule has 0 fully saturated rings. The number of fused-ring (bicyclic) bond motifs is 1. The molecular weight excluding hydrogens is 502 g/mol. The van der Waals surface area contributed by atoms with Crippen LogP contribution in [0.5, 0.6) is 0 Å². The van der Waals surface area contributed by atoms with Gasteiger partial charge in [-0.3, -0.25) is 14.4 Å². The predicted molar refractivity (Wildman–Crippen MR) is 140 cm³/mol. The number of carboxylic acid groups (broad SMARTS) is 1. The van der Waals surface area contributed by atoms with Crippen LogP contribution in [0.2, 0.25) is 0 Å². The minimum absolute atomic E-state index is 0.00408. The molecule has 0 saturated carbocycles. The fraction of sp³-hybridized carbons (Fsp3) is 0.500. The average molecular weight is 538 g/mol. The van der Waals surface area contributed by atoms with Crippen LogP contribution in [0, 0.1) is 0 Å². The molecule has 3 amide bonds. The van der Waals surface area contributed by atoms with E-state index < -0.39 is 60.1 Å². The number of aliphatic carboxylic acids is 1. The van der Waals surface area contributed by atoms with Crippen molar-refractivity contribution in [3.63, 3.8) is 0 Å². The van der Waals surface area contributed by atoms with Gasteiger partial charge in [0.25, 0.3) is 0 Å². The summed E-state index contributed by atoms with van der Waals surface area (Å²) in [5, 5.41) is 37.4. The van der Waals surface area contributed by atoms with Crippen LogP contribution in [0.1, 0.15) is 25.8 Å². The maximum atomic E-state index is 13.2. The zero-order valence-electron chi connectivity index (χ0n) is 20.9. The van der Waals surface area contributed by atoms with E-state index in [1.807, 2.05) is 30.5 Å². The molecule has 1 heterocycles. The van der Waals surface area contributed by atoms with E-state index >= 15 is 0 Å². The smallest absolute Gasteiger partial charge is 0.326 e. The normalized spacial score (nSPS) is 16.2. The molecule has 13 heteroatoms. The van der Waals surface area contributed by atoms with Gasteiger partial charge in [0.05, 0.1) is 12.2 Å². The Bertz CT molecular complexity index is 1090. The first-order valence-corrected chi connectivity index (χ1v) is 13.1. The van der Waals surface area contributed by atoms with Crippen molar-refractivity contribution in [1.29, 1.82) is 0 Å². The molecule has 6 unspecified atom stereocenters. The molecule has 2 aromatic rings. The number of nitrogens with one attached hydrogen (secondary N) is 4. The maximum Gasteiger partial charge on any atom is 0.326 e. The van der Waals surface area contributed by atoms with Crippen molar-refractivity contribution in [2.75, 3.05) is 12.0 Å². The van der Waals surface area contributed by atoms with Crippen LogP contribution in [0.25, 0.3) is 10.9 Å². The number of rotatable bonds is 14. The number of aliphatic hydroxyl groups is 2. The summed E-state index contributed by atoms with van der Waals surface area (Å²) in [7, 11) is 0. The molecule has 0 aliphatic carbocycles. The molecule has 12 nitrogen and oxygen atoms in total. The number of hydrogen-bond acceptors (Lipinski definition) is 8. The van der Waals surface area contributed by atoms with Crippen LogP contribution >= 0.6 is 11.8 Å². The van der Waals surface area contributed by atoms with Crippen LogP contribution in [-0.2, 0) is 25.6 Å². The number of carbonyl (C=O) groups is 4. The number of amides is 3. The van der Waals surface area contributed by atoms with Gasteiger partial charge in [0.1, 0.15) is 24.2 Å². The zero-order valence-corrected chi connectivity index (χ0v) is 21.7. The molecule has 9 N–H and O–H groups in total. The third-order valence-electron chi connectivity index (χ3n) is 5.84. The lowest BCUT2D eigenvalue weighted by atomic mass is 10.0. The van der Waals surface area contributed by atoms with Gasteiger partial charge in [-0.1, -0.05) is 18.2 Å². The topological polar surface area (TPSA) is 207 Å². The number of benzene rings is 1.